The van der Waals surface area contributed by atoms with Crippen LogP contribution in [-0.2, 0) is 0 Å². The molecule has 0 bridgehead atoms. The van der Waals surface area contributed by atoms with Gasteiger partial charge in [0.1, 0.15) is 0 Å². The second kappa shape index (κ2) is 6.64. The molecule has 0 unspecified atom stereocenters. The molecule has 1 heteroatoms. The molecule has 0 amide bonds. The monoisotopic (exact) mass is 426 g/mol. The van der Waals surface area contributed by atoms with Crippen LogP contribution in [0.5, 0.6) is 0 Å². The van der Waals surface area contributed by atoms with Gasteiger partial charge in [-0.1, -0.05) is 66.5 Å². The molecule has 8 atom stereocenters. The van der Waals surface area contributed by atoms with Gasteiger partial charge in [-0.3, -0.25) is 0 Å². The van der Waals surface area contributed by atoms with Gasteiger partial charge in [-0.05, 0) is 115 Å². The van der Waals surface area contributed by atoms with Gasteiger partial charge in [0.05, 0.1) is 6.10 Å². The number of allylic oxidation sites excluding steroid dienone is 2. The van der Waals surface area contributed by atoms with Crippen LogP contribution in [0.1, 0.15) is 120 Å². The summed E-state index contributed by atoms with van der Waals surface area (Å²) in [5.74, 6) is 3.10. The number of hydrogen-bond acceptors (Lipinski definition) is 1. The predicted octanol–water partition coefficient (Wildman–Crippen LogP) is 8.17. The summed E-state index contributed by atoms with van der Waals surface area (Å²) in [5, 5.41) is 10.9. The number of aliphatic hydroxyl groups is 1. The number of hydrogen-bond donors (Lipinski definition) is 1. The van der Waals surface area contributed by atoms with Crippen LogP contribution in [-0.4, -0.2) is 11.2 Å². The van der Waals surface area contributed by atoms with Gasteiger partial charge in [0.25, 0.3) is 0 Å². The van der Waals surface area contributed by atoms with E-state index in [1.165, 1.54) is 57.8 Å². The van der Waals surface area contributed by atoms with E-state index in [0.29, 0.717) is 27.6 Å². The molecule has 0 radical (unpaired) electrons. The van der Waals surface area contributed by atoms with Crippen LogP contribution in [0.15, 0.2) is 11.1 Å². The molecule has 0 aromatic rings. The van der Waals surface area contributed by atoms with Crippen molar-refractivity contribution in [3.05, 3.63) is 11.1 Å². The normalized spacial score (nSPS) is 53.6. The summed E-state index contributed by atoms with van der Waals surface area (Å²) in [6.45, 7) is 20.4. The van der Waals surface area contributed by atoms with Crippen LogP contribution >= 0.6 is 0 Å². The molecule has 5 rings (SSSR count). The molecule has 176 valence electrons. The molecule has 0 saturated heterocycles. The van der Waals surface area contributed by atoms with Crippen LogP contribution in [0.3, 0.4) is 0 Å². The number of aliphatic hydroxyl groups excluding tert-OH is 1. The summed E-state index contributed by atoms with van der Waals surface area (Å²) in [4.78, 5) is 0. The summed E-state index contributed by atoms with van der Waals surface area (Å²) in [6.07, 6.45) is 13.3. The van der Waals surface area contributed by atoms with Crippen molar-refractivity contribution >= 4 is 0 Å². The molecule has 0 aliphatic heterocycles. The first-order chi connectivity index (χ1) is 14.3. The average Bonchev–Trinajstić information content (AvgIpc) is 3.03. The van der Waals surface area contributed by atoms with Gasteiger partial charge >= 0.3 is 0 Å². The third kappa shape index (κ3) is 2.60. The summed E-state index contributed by atoms with van der Waals surface area (Å²) in [7, 11) is 0. The Morgan fingerprint density at radius 3 is 2.03 bits per heavy atom. The van der Waals surface area contributed by atoms with Gasteiger partial charge in [0.2, 0.25) is 0 Å². The van der Waals surface area contributed by atoms with Crippen LogP contribution in [0.2, 0.25) is 0 Å². The standard InChI is InChI=1S/C30H50O/c1-19(2)20-11-15-27(5)21(20)12-17-29(7)23(27)9-10-24-28(6)16-14-25(31)26(3,4)22(28)13-18-30(24,29)8/h19,22-25,31H,9-18H2,1-8H3/t22-,23-,24-,25-,27+,28+,29-,30-/m1/s1. The molecular formula is C30H50O. The molecule has 1 N–H and O–H groups in total. The molecule has 0 aromatic carbocycles. The molecule has 5 aliphatic rings. The highest BCUT2D eigenvalue weighted by molar-refractivity contribution is 5.35. The smallest absolute Gasteiger partial charge is 0.0594 e. The molecule has 4 saturated carbocycles. The molecule has 1 nitrogen and oxygen atoms in total. The SMILES string of the molecule is CC(C)C1=C2CC[C@]3(C)[C@H](CC[C@@H]4[C@@]5(C)CC[C@@H](O)C(C)(C)[C@H]5CC[C@]43C)[C@@]2(C)CC1. The fourth-order valence-corrected chi connectivity index (χ4v) is 11.3. The first kappa shape index (κ1) is 22.5. The van der Waals surface area contributed by atoms with Crippen LogP contribution in [0.4, 0.5) is 0 Å². The lowest BCUT2D eigenvalue weighted by molar-refractivity contribution is -0.239. The number of rotatable bonds is 1. The minimum absolute atomic E-state index is 0.0676. The average molecular weight is 427 g/mol. The van der Waals surface area contributed by atoms with Crippen LogP contribution in [0, 0.1) is 50.7 Å². The van der Waals surface area contributed by atoms with E-state index in [-0.39, 0.29) is 11.5 Å². The van der Waals surface area contributed by atoms with E-state index in [4.69, 9.17) is 0 Å². The maximum atomic E-state index is 10.9. The lowest BCUT2D eigenvalue weighted by Crippen LogP contribution is -2.66. The second-order valence-electron chi connectivity index (χ2n) is 14.6. The number of fused-ring (bicyclic) bond motifs is 7. The summed E-state index contributed by atoms with van der Waals surface area (Å²) in [6, 6.07) is 0. The van der Waals surface area contributed by atoms with Crippen molar-refractivity contribution in [2.24, 2.45) is 50.7 Å². The lowest BCUT2D eigenvalue weighted by Gasteiger charge is -2.73. The predicted molar refractivity (Wildman–Crippen MR) is 131 cm³/mol. The van der Waals surface area contributed by atoms with Crippen molar-refractivity contribution in [2.45, 2.75) is 126 Å². The minimum Gasteiger partial charge on any atom is -0.393 e. The lowest BCUT2D eigenvalue weighted by atomic mass is 9.32. The quantitative estimate of drug-likeness (QED) is 0.419. The van der Waals surface area contributed by atoms with E-state index in [1.807, 2.05) is 11.1 Å². The highest BCUT2D eigenvalue weighted by Crippen LogP contribution is 2.77. The highest BCUT2D eigenvalue weighted by Gasteiger charge is 2.69. The van der Waals surface area contributed by atoms with Crippen molar-refractivity contribution < 1.29 is 5.11 Å². The first-order valence-corrected chi connectivity index (χ1v) is 13.7. The Labute approximate surface area is 192 Å². The zero-order valence-electron chi connectivity index (χ0n) is 21.9. The topological polar surface area (TPSA) is 20.2 Å². The Balaban J connectivity index is 1.55. The van der Waals surface area contributed by atoms with Gasteiger partial charge in [0, 0.05) is 0 Å². The maximum absolute atomic E-state index is 10.9. The van der Waals surface area contributed by atoms with Crippen molar-refractivity contribution in [2.75, 3.05) is 0 Å². The van der Waals surface area contributed by atoms with E-state index in [2.05, 4.69) is 55.4 Å². The van der Waals surface area contributed by atoms with Gasteiger partial charge < -0.3 is 5.11 Å². The van der Waals surface area contributed by atoms with E-state index < -0.39 is 0 Å². The van der Waals surface area contributed by atoms with Gasteiger partial charge in [-0.15, -0.1) is 0 Å². The molecule has 0 spiro atoms. The van der Waals surface area contributed by atoms with Crippen molar-refractivity contribution in [3.63, 3.8) is 0 Å². The van der Waals surface area contributed by atoms with Crippen LogP contribution in [0.25, 0.3) is 0 Å². The Kier molecular flexibility index (Phi) is 4.82. The highest BCUT2D eigenvalue weighted by atomic mass is 16.3. The summed E-state index contributed by atoms with van der Waals surface area (Å²) >= 11 is 0. The summed E-state index contributed by atoms with van der Waals surface area (Å²) in [5.41, 5.74) is 5.57. The van der Waals surface area contributed by atoms with Crippen LogP contribution < -0.4 is 0 Å². The molecule has 31 heavy (non-hydrogen) atoms. The van der Waals surface area contributed by atoms with Crippen molar-refractivity contribution in [1.82, 2.24) is 0 Å². The fourth-order valence-electron chi connectivity index (χ4n) is 11.3. The molecule has 0 heterocycles. The Bertz CT molecular complexity index is 790. The van der Waals surface area contributed by atoms with E-state index >= 15 is 0 Å². The third-order valence-electron chi connectivity index (χ3n) is 13.2. The van der Waals surface area contributed by atoms with Gasteiger partial charge in [-0.25, -0.2) is 0 Å². The summed E-state index contributed by atoms with van der Waals surface area (Å²) < 4.78 is 0. The van der Waals surface area contributed by atoms with E-state index in [9.17, 15) is 5.11 Å². The van der Waals surface area contributed by atoms with Crippen molar-refractivity contribution in [1.29, 1.82) is 0 Å². The largest absolute Gasteiger partial charge is 0.393 e. The molecule has 4 fully saturated rings. The van der Waals surface area contributed by atoms with Crippen molar-refractivity contribution in [3.8, 4) is 0 Å². The first-order valence-electron chi connectivity index (χ1n) is 13.7. The zero-order chi connectivity index (χ0) is 22.6. The zero-order valence-corrected chi connectivity index (χ0v) is 21.9. The maximum Gasteiger partial charge on any atom is 0.0594 e. The molecule has 0 aromatic heterocycles. The Morgan fingerprint density at radius 2 is 1.35 bits per heavy atom. The van der Waals surface area contributed by atoms with E-state index in [1.54, 1.807) is 0 Å². The third-order valence-corrected chi connectivity index (χ3v) is 13.2. The Morgan fingerprint density at radius 1 is 0.710 bits per heavy atom. The fraction of sp³-hybridized carbons (Fsp3) is 0.933. The van der Waals surface area contributed by atoms with Gasteiger partial charge in [0.15, 0.2) is 0 Å². The van der Waals surface area contributed by atoms with E-state index in [0.717, 1.165) is 24.2 Å². The van der Waals surface area contributed by atoms with Gasteiger partial charge in [-0.2, -0.15) is 0 Å². The Hall–Kier alpha value is -0.300. The molecular weight excluding hydrogens is 376 g/mol. The minimum atomic E-state index is -0.115. The molecule has 5 aliphatic carbocycles. The second-order valence-corrected chi connectivity index (χ2v) is 14.6.